The highest BCUT2D eigenvalue weighted by Gasteiger charge is 2.28. The summed E-state index contributed by atoms with van der Waals surface area (Å²) < 4.78 is 1.93. The molecule has 4 rings (SSSR count). The molecule has 0 aliphatic carbocycles. The van der Waals surface area contributed by atoms with Gasteiger partial charge in [0.2, 0.25) is 5.65 Å². The van der Waals surface area contributed by atoms with Gasteiger partial charge in [-0.15, -0.1) is 10.2 Å². The summed E-state index contributed by atoms with van der Waals surface area (Å²) in [5.74, 6) is 0.930. The van der Waals surface area contributed by atoms with Crippen LogP contribution in [0.3, 0.4) is 0 Å². The van der Waals surface area contributed by atoms with Crippen LogP contribution in [0.4, 0.5) is 5.82 Å². The molecule has 3 heterocycles. The second-order valence-corrected chi connectivity index (χ2v) is 6.11. The third kappa shape index (κ3) is 2.77. The first-order valence-electron chi connectivity index (χ1n) is 7.95. The van der Waals surface area contributed by atoms with E-state index in [1.807, 2.05) is 16.8 Å². The van der Waals surface area contributed by atoms with Gasteiger partial charge in [0.15, 0.2) is 5.82 Å². The second kappa shape index (κ2) is 5.96. The molecule has 6 nitrogen and oxygen atoms in total. The molecule has 0 N–H and O–H groups in total. The highest BCUT2D eigenvalue weighted by Crippen LogP contribution is 2.23. The third-order valence-corrected chi connectivity index (χ3v) is 4.47. The predicted octanol–water partition coefficient (Wildman–Crippen LogP) is 1.49. The average Bonchev–Trinajstić information content (AvgIpc) is 3.05. The Morgan fingerprint density at radius 3 is 2.91 bits per heavy atom. The maximum Gasteiger partial charge on any atom is 0.203 e. The second-order valence-electron chi connectivity index (χ2n) is 6.11. The van der Waals surface area contributed by atoms with E-state index in [0.29, 0.717) is 6.04 Å². The number of fused-ring (bicyclic) bond motifs is 1. The van der Waals surface area contributed by atoms with Gasteiger partial charge in [0.25, 0.3) is 0 Å². The van der Waals surface area contributed by atoms with Crippen LogP contribution in [0.1, 0.15) is 5.56 Å². The lowest BCUT2D eigenvalue weighted by atomic mass is 10.0. The molecule has 1 aliphatic rings. The molecule has 1 atom stereocenters. The van der Waals surface area contributed by atoms with Crippen molar-refractivity contribution < 1.29 is 0 Å². The number of rotatable bonds is 3. The maximum absolute atomic E-state index is 4.60. The van der Waals surface area contributed by atoms with Gasteiger partial charge >= 0.3 is 0 Å². The summed E-state index contributed by atoms with van der Waals surface area (Å²) in [6.45, 7) is 3.00. The number of hydrogen-bond acceptors (Lipinski definition) is 5. The highest BCUT2D eigenvalue weighted by atomic mass is 15.3. The molecule has 0 unspecified atom stereocenters. The van der Waals surface area contributed by atoms with Crippen LogP contribution >= 0.6 is 0 Å². The minimum Gasteiger partial charge on any atom is -0.348 e. The monoisotopic (exact) mass is 308 g/mol. The lowest BCUT2D eigenvalue weighted by molar-refractivity contribution is 0.265. The van der Waals surface area contributed by atoms with E-state index in [2.05, 4.69) is 62.4 Å². The number of aromatic nitrogens is 4. The van der Waals surface area contributed by atoms with E-state index in [-0.39, 0.29) is 0 Å². The molecular weight excluding hydrogens is 288 g/mol. The van der Waals surface area contributed by atoms with E-state index >= 15 is 0 Å². The Bertz CT molecular complexity index is 784. The van der Waals surface area contributed by atoms with Gasteiger partial charge in [-0.05, 0) is 19.0 Å². The van der Waals surface area contributed by atoms with E-state index in [1.54, 1.807) is 6.33 Å². The first-order chi connectivity index (χ1) is 11.3. The first-order valence-corrected chi connectivity index (χ1v) is 7.95. The first kappa shape index (κ1) is 14.1. The van der Waals surface area contributed by atoms with Crippen LogP contribution in [0.25, 0.3) is 5.65 Å². The van der Waals surface area contributed by atoms with Crippen molar-refractivity contribution in [3.63, 3.8) is 0 Å². The molecular formula is C17H20N6. The zero-order valence-electron chi connectivity index (χ0n) is 13.2. The van der Waals surface area contributed by atoms with Crippen LogP contribution in [0.5, 0.6) is 0 Å². The fourth-order valence-electron chi connectivity index (χ4n) is 3.30. The number of hydrogen-bond donors (Lipinski definition) is 0. The largest absolute Gasteiger partial charge is 0.348 e. The van der Waals surface area contributed by atoms with Gasteiger partial charge < -0.3 is 9.80 Å². The lowest BCUT2D eigenvalue weighted by Gasteiger charge is -2.40. The molecule has 0 bridgehead atoms. The van der Waals surface area contributed by atoms with Gasteiger partial charge in [-0.2, -0.15) is 0 Å². The summed E-state index contributed by atoms with van der Waals surface area (Å²) in [7, 11) is 2.18. The van der Waals surface area contributed by atoms with Crippen molar-refractivity contribution in [1.82, 2.24) is 24.5 Å². The Hall–Kier alpha value is -2.47. The number of benzene rings is 1. The van der Waals surface area contributed by atoms with Crippen molar-refractivity contribution in [1.29, 1.82) is 0 Å². The van der Waals surface area contributed by atoms with Crippen molar-refractivity contribution in [2.75, 3.05) is 31.6 Å². The topological polar surface area (TPSA) is 49.6 Å². The highest BCUT2D eigenvalue weighted by molar-refractivity contribution is 5.64. The Morgan fingerprint density at radius 2 is 2.04 bits per heavy atom. The fraction of sp³-hybridized carbons (Fsp3) is 0.353. The van der Waals surface area contributed by atoms with Crippen LogP contribution < -0.4 is 4.90 Å². The summed E-state index contributed by atoms with van der Waals surface area (Å²) in [5.41, 5.74) is 2.18. The molecule has 118 valence electrons. The van der Waals surface area contributed by atoms with Crippen molar-refractivity contribution >= 4 is 11.5 Å². The van der Waals surface area contributed by atoms with Crippen LogP contribution in [0.15, 0.2) is 49.1 Å². The van der Waals surface area contributed by atoms with Crippen molar-refractivity contribution in [3.8, 4) is 0 Å². The summed E-state index contributed by atoms with van der Waals surface area (Å²) >= 11 is 0. The molecule has 0 radical (unpaired) electrons. The lowest BCUT2D eigenvalue weighted by Crippen LogP contribution is -2.53. The molecule has 6 heteroatoms. The number of nitrogens with zero attached hydrogens (tertiary/aromatic N) is 6. The molecule has 3 aromatic rings. The standard InChI is InChI=1S/C17H20N6/c1-21-9-10-23(15(12-21)11-14-5-3-2-4-6-14)16-17-20-19-13-22(17)8-7-18-16/h2-8,13,15H,9-12H2,1H3/t15-/m0/s1. The average molecular weight is 308 g/mol. The van der Waals surface area contributed by atoms with Gasteiger partial charge in [0.1, 0.15) is 6.33 Å². The smallest absolute Gasteiger partial charge is 0.203 e. The van der Waals surface area contributed by atoms with E-state index in [4.69, 9.17) is 0 Å². The van der Waals surface area contributed by atoms with E-state index < -0.39 is 0 Å². The van der Waals surface area contributed by atoms with Gasteiger partial charge in [-0.1, -0.05) is 30.3 Å². The molecule has 1 saturated heterocycles. The van der Waals surface area contributed by atoms with E-state index in [1.165, 1.54) is 5.56 Å². The van der Waals surface area contributed by atoms with Gasteiger partial charge in [0, 0.05) is 38.1 Å². The van der Waals surface area contributed by atoms with E-state index in [0.717, 1.165) is 37.5 Å². The SMILES string of the molecule is CN1CCN(c2nccn3cnnc23)[C@@H](Cc2ccccc2)C1. The Kier molecular flexibility index (Phi) is 3.67. The van der Waals surface area contributed by atoms with Gasteiger partial charge in [-0.25, -0.2) is 4.98 Å². The van der Waals surface area contributed by atoms with Gasteiger partial charge in [-0.3, -0.25) is 4.40 Å². The number of piperazine rings is 1. The van der Waals surface area contributed by atoms with Crippen molar-refractivity contribution in [3.05, 3.63) is 54.6 Å². The number of likely N-dealkylation sites (N-methyl/N-ethyl adjacent to an activating group) is 1. The zero-order chi connectivity index (χ0) is 15.6. The minimum atomic E-state index is 0.381. The Balaban J connectivity index is 1.68. The molecule has 1 aromatic carbocycles. The summed E-state index contributed by atoms with van der Waals surface area (Å²) in [5, 5.41) is 8.27. The molecule has 0 spiro atoms. The molecule has 0 saturated carbocycles. The van der Waals surface area contributed by atoms with Crippen molar-refractivity contribution in [2.45, 2.75) is 12.5 Å². The molecule has 1 aliphatic heterocycles. The molecule has 1 fully saturated rings. The summed E-state index contributed by atoms with van der Waals surface area (Å²) in [6, 6.07) is 11.0. The number of anilines is 1. The Labute approximate surface area is 135 Å². The molecule has 23 heavy (non-hydrogen) atoms. The summed E-state index contributed by atoms with van der Waals surface area (Å²) in [4.78, 5) is 9.37. The van der Waals surface area contributed by atoms with Crippen LogP contribution in [-0.4, -0.2) is 57.2 Å². The summed E-state index contributed by atoms with van der Waals surface area (Å²) in [6.07, 6.45) is 6.44. The minimum absolute atomic E-state index is 0.381. The molecule has 0 amide bonds. The normalized spacial score (nSPS) is 19.3. The quantitative estimate of drug-likeness (QED) is 0.734. The van der Waals surface area contributed by atoms with Crippen molar-refractivity contribution in [2.24, 2.45) is 0 Å². The van der Waals surface area contributed by atoms with Gasteiger partial charge in [0.05, 0.1) is 0 Å². The zero-order valence-corrected chi connectivity index (χ0v) is 13.2. The Morgan fingerprint density at radius 1 is 1.17 bits per heavy atom. The maximum atomic E-state index is 4.60. The predicted molar refractivity (Wildman–Crippen MR) is 89.6 cm³/mol. The van der Waals surface area contributed by atoms with E-state index in [9.17, 15) is 0 Å². The fourth-order valence-corrected chi connectivity index (χ4v) is 3.30. The van der Waals surface area contributed by atoms with Crippen LogP contribution in [0.2, 0.25) is 0 Å². The molecule has 2 aromatic heterocycles. The van der Waals surface area contributed by atoms with Crippen LogP contribution in [0, 0.1) is 0 Å². The third-order valence-electron chi connectivity index (χ3n) is 4.47. The van der Waals surface area contributed by atoms with Crippen LogP contribution in [-0.2, 0) is 6.42 Å².